The second-order valence-corrected chi connectivity index (χ2v) is 5.28. The number of nitrogens with zero attached hydrogens (tertiary/aromatic N) is 3. The van der Waals surface area contributed by atoms with Gasteiger partial charge in [0.15, 0.2) is 0 Å². The zero-order chi connectivity index (χ0) is 13.3. The number of aliphatic hydroxyl groups is 1. The van der Waals surface area contributed by atoms with Crippen LogP contribution >= 0.6 is 0 Å². The van der Waals surface area contributed by atoms with Crippen molar-refractivity contribution < 1.29 is 5.11 Å². The molecule has 0 amide bonds. The quantitative estimate of drug-likeness (QED) is 0.892. The SMILES string of the molecule is CC[C@H](O)Cn1ncnc1C1(c2ccccc2)CC1. The van der Waals surface area contributed by atoms with Crippen molar-refractivity contribution in [2.24, 2.45) is 0 Å². The third kappa shape index (κ3) is 2.16. The minimum atomic E-state index is -0.355. The molecule has 0 saturated heterocycles. The normalized spacial score (nSPS) is 18.2. The van der Waals surface area contributed by atoms with E-state index in [2.05, 4.69) is 34.3 Å². The summed E-state index contributed by atoms with van der Waals surface area (Å²) in [7, 11) is 0. The third-order valence-corrected chi connectivity index (χ3v) is 3.97. The molecule has 1 aromatic heterocycles. The molecule has 4 heteroatoms. The van der Waals surface area contributed by atoms with E-state index in [0.29, 0.717) is 6.54 Å². The van der Waals surface area contributed by atoms with E-state index in [9.17, 15) is 5.11 Å². The molecule has 0 bridgehead atoms. The standard InChI is InChI=1S/C15H19N3O/c1-2-13(19)10-18-14(16-11-17-18)15(8-9-15)12-6-4-3-5-7-12/h3-7,11,13,19H,2,8-10H2,1H3/t13-/m0/s1. The Labute approximate surface area is 113 Å². The first kappa shape index (κ1) is 12.4. The minimum Gasteiger partial charge on any atom is -0.391 e. The maximum Gasteiger partial charge on any atom is 0.138 e. The molecular weight excluding hydrogens is 238 g/mol. The zero-order valence-corrected chi connectivity index (χ0v) is 11.2. The van der Waals surface area contributed by atoms with Crippen molar-refractivity contribution in [1.82, 2.24) is 14.8 Å². The van der Waals surface area contributed by atoms with Crippen molar-refractivity contribution >= 4 is 0 Å². The summed E-state index contributed by atoms with van der Waals surface area (Å²) < 4.78 is 1.87. The van der Waals surface area contributed by atoms with Gasteiger partial charge in [0.25, 0.3) is 0 Å². The molecule has 19 heavy (non-hydrogen) atoms. The molecule has 2 aromatic rings. The molecule has 3 rings (SSSR count). The van der Waals surface area contributed by atoms with E-state index in [1.807, 2.05) is 17.7 Å². The molecule has 0 spiro atoms. The summed E-state index contributed by atoms with van der Waals surface area (Å²) in [5.41, 5.74) is 1.32. The number of aliphatic hydroxyl groups excluding tert-OH is 1. The molecular formula is C15H19N3O. The first-order valence-corrected chi connectivity index (χ1v) is 6.88. The van der Waals surface area contributed by atoms with Gasteiger partial charge in [-0.25, -0.2) is 9.67 Å². The predicted molar refractivity (Wildman–Crippen MR) is 72.8 cm³/mol. The van der Waals surface area contributed by atoms with Gasteiger partial charge in [-0.2, -0.15) is 5.10 Å². The Morgan fingerprint density at radius 1 is 1.32 bits per heavy atom. The van der Waals surface area contributed by atoms with Gasteiger partial charge in [-0.15, -0.1) is 0 Å². The van der Waals surface area contributed by atoms with Crippen LogP contribution in [0.15, 0.2) is 36.7 Å². The zero-order valence-electron chi connectivity index (χ0n) is 11.2. The Morgan fingerprint density at radius 3 is 2.68 bits per heavy atom. The summed E-state index contributed by atoms with van der Waals surface area (Å²) in [6.07, 6.45) is 4.20. The van der Waals surface area contributed by atoms with Crippen LogP contribution in [-0.4, -0.2) is 26.0 Å². The van der Waals surface area contributed by atoms with Crippen LogP contribution in [0.4, 0.5) is 0 Å². The van der Waals surface area contributed by atoms with E-state index in [0.717, 1.165) is 25.1 Å². The second-order valence-electron chi connectivity index (χ2n) is 5.28. The Kier molecular flexibility index (Phi) is 3.11. The smallest absolute Gasteiger partial charge is 0.138 e. The lowest BCUT2D eigenvalue weighted by molar-refractivity contribution is 0.143. The van der Waals surface area contributed by atoms with Crippen LogP contribution in [0.25, 0.3) is 0 Å². The van der Waals surface area contributed by atoms with Gasteiger partial charge in [0.2, 0.25) is 0 Å². The molecule has 4 nitrogen and oxygen atoms in total. The Balaban J connectivity index is 1.93. The summed E-state index contributed by atoms with van der Waals surface area (Å²) in [4.78, 5) is 4.45. The van der Waals surface area contributed by atoms with Gasteiger partial charge >= 0.3 is 0 Å². The van der Waals surface area contributed by atoms with Gasteiger partial charge in [-0.1, -0.05) is 37.3 Å². The Hall–Kier alpha value is -1.68. The maximum absolute atomic E-state index is 9.82. The molecule has 1 aliphatic carbocycles. The van der Waals surface area contributed by atoms with E-state index >= 15 is 0 Å². The number of hydrogen-bond donors (Lipinski definition) is 1. The molecule has 1 atom stereocenters. The number of benzene rings is 1. The molecule has 0 radical (unpaired) electrons. The fourth-order valence-electron chi connectivity index (χ4n) is 2.62. The predicted octanol–water partition coefficient (Wildman–Crippen LogP) is 2.13. The van der Waals surface area contributed by atoms with Crippen LogP contribution in [-0.2, 0) is 12.0 Å². The van der Waals surface area contributed by atoms with Crippen LogP contribution in [0.1, 0.15) is 37.6 Å². The summed E-state index contributed by atoms with van der Waals surface area (Å²) in [5, 5.41) is 14.1. The maximum atomic E-state index is 9.82. The molecule has 0 aliphatic heterocycles. The van der Waals surface area contributed by atoms with Crippen LogP contribution in [0.5, 0.6) is 0 Å². The van der Waals surface area contributed by atoms with Gasteiger partial charge in [0, 0.05) is 0 Å². The first-order valence-electron chi connectivity index (χ1n) is 6.88. The van der Waals surface area contributed by atoms with E-state index in [-0.39, 0.29) is 11.5 Å². The molecule has 1 heterocycles. The topological polar surface area (TPSA) is 50.9 Å². The van der Waals surface area contributed by atoms with Crippen molar-refractivity contribution in [2.45, 2.75) is 44.2 Å². The number of aromatic nitrogens is 3. The summed E-state index contributed by atoms with van der Waals surface area (Å²) in [6.45, 7) is 2.51. The molecule has 100 valence electrons. The highest BCUT2D eigenvalue weighted by Crippen LogP contribution is 2.52. The van der Waals surface area contributed by atoms with Gasteiger partial charge in [-0.3, -0.25) is 0 Å². The van der Waals surface area contributed by atoms with Crippen LogP contribution in [0.2, 0.25) is 0 Å². The van der Waals surface area contributed by atoms with Crippen LogP contribution < -0.4 is 0 Å². The fraction of sp³-hybridized carbons (Fsp3) is 0.467. The van der Waals surface area contributed by atoms with Gasteiger partial charge in [-0.05, 0) is 24.8 Å². The highest BCUT2D eigenvalue weighted by atomic mass is 16.3. The van der Waals surface area contributed by atoms with Gasteiger partial charge in [0.05, 0.1) is 18.1 Å². The number of rotatable bonds is 5. The third-order valence-electron chi connectivity index (χ3n) is 3.97. The van der Waals surface area contributed by atoms with Crippen molar-refractivity contribution in [2.75, 3.05) is 0 Å². The van der Waals surface area contributed by atoms with Crippen molar-refractivity contribution in [3.8, 4) is 0 Å². The Morgan fingerprint density at radius 2 is 2.05 bits per heavy atom. The molecule has 1 aromatic carbocycles. The van der Waals surface area contributed by atoms with E-state index in [4.69, 9.17) is 0 Å². The van der Waals surface area contributed by atoms with Crippen molar-refractivity contribution in [1.29, 1.82) is 0 Å². The highest BCUT2D eigenvalue weighted by Gasteiger charge is 2.49. The van der Waals surface area contributed by atoms with Crippen LogP contribution in [0.3, 0.4) is 0 Å². The average Bonchev–Trinajstić information content (AvgIpc) is 3.14. The first-order chi connectivity index (χ1) is 9.26. The van der Waals surface area contributed by atoms with Gasteiger partial charge < -0.3 is 5.11 Å². The summed E-state index contributed by atoms with van der Waals surface area (Å²) in [6, 6.07) is 10.5. The molecule has 1 N–H and O–H groups in total. The summed E-state index contributed by atoms with van der Waals surface area (Å²) >= 11 is 0. The van der Waals surface area contributed by atoms with E-state index < -0.39 is 0 Å². The molecule has 1 fully saturated rings. The summed E-state index contributed by atoms with van der Waals surface area (Å²) in [5.74, 6) is 0.992. The molecule has 0 unspecified atom stereocenters. The lowest BCUT2D eigenvalue weighted by atomic mass is 9.95. The van der Waals surface area contributed by atoms with Crippen LogP contribution in [0, 0.1) is 0 Å². The van der Waals surface area contributed by atoms with Crippen molar-refractivity contribution in [3.63, 3.8) is 0 Å². The molecule has 1 saturated carbocycles. The van der Waals surface area contributed by atoms with E-state index in [1.54, 1.807) is 6.33 Å². The highest BCUT2D eigenvalue weighted by molar-refractivity contribution is 5.39. The second kappa shape index (κ2) is 4.78. The van der Waals surface area contributed by atoms with Crippen molar-refractivity contribution in [3.05, 3.63) is 48.0 Å². The minimum absolute atomic E-state index is 0.0191. The lowest BCUT2D eigenvalue weighted by Crippen LogP contribution is -2.23. The van der Waals surface area contributed by atoms with Gasteiger partial charge in [0.1, 0.15) is 12.2 Å². The fourth-order valence-corrected chi connectivity index (χ4v) is 2.62. The lowest BCUT2D eigenvalue weighted by Gasteiger charge is -2.17. The monoisotopic (exact) mass is 257 g/mol. The van der Waals surface area contributed by atoms with E-state index in [1.165, 1.54) is 5.56 Å². The molecule has 1 aliphatic rings. The average molecular weight is 257 g/mol. The number of hydrogen-bond acceptors (Lipinski definition) is 3. The largest absolute Gasteiger partial charge is 0.391 e. The Bertz CT molecular complexity index is 546.